The molecule has 0 spiro atoms. The van der Waals surface area contributed by atoms with Crippen LogP contribution in [0.3, 0.4) is 0 Å². The first-order valence-electron chi connectivity index (χ1n) is 8.60. The summed E-state index contributed by atoms with van der Waals surface area (Å²) in [6.07, 6.45) is 1.67. The molecule has 3 aromatic heterocycles. The van der Waals surface area contributed by atoms with Crippen LogP contribution in [0.2, 0.25) is 0 Å². The largest absolute Gasteiger partial charge is 0.469 e. The van der Waals surface area contributed by atoms with Gasteiger partial charge in [0.15, 0.2) is 22.5 Å². The zero-order chi connectivity index (χ0) is 19.1. The molecule has 4 aromatic rings. The predicted molar refractivity (Wildman–Crippen MR) is 107 cm³/mol. The number of ether oxygens (including phenoxy) is 2. The number of fused-ring (bicyclic) bond motifs is 1. The summed E-state index contributed by atoms with van der Waals surface area (Å²) in [5, 5.41) is 12.5. The van der Waals surface area contributed by atoms with E-state index < -0.39 is 0 Å². The summed E-state index contributed by atoms with van der Waals surface area (Å²) in [4.78, 5) is 4.75. The lowest BCUT2D eigenvalue weighted by Gasteiger charge is -2.02. The van der Waals surface area contributed by atoms with E-state index in [4.69, 9.17) is 18.9 Å². The highest BCUT2D eigenvalue weighted by atomic mass is 32.2. The normalized spacial score (nSPS) is 12.6. The van der Waals surface area contributed by atoms with Crippen molar-refractivity contribution < 1.29 is 13.9 Å². The summed E-state index contributed by atoms with van der Waals surface area (Å²) in [6, 6.07) is 7.81. The minimum absolute atomic E-state index is 0.274. The molecule has 1 aliphatic heterocycles. The monoisotopic (exact) mass is 412 g/mol. The second-order valence-corrected chi connectivity index (χ2v) is 8.06. The van der Waals surface area contributed by atoms with Crippen LogP contribution in [0.25, 0.3) is 22.0 Å². The van der Waals surface area contributed by atoms with Gasteiger partial charge in [-0.3, -0.25) is 0 Å². The quantitative estimate of drug-likeness (QED) is 0.446. The van der Waals surface area contributed by atoms with Gasteiger partial charge in [0.1, 0.15) is 10.8 Å². The van der Waals surface area contributed by atoms with Crippen molar-refractivity contribution in [3.8, 4) is 33.5 Å². The Bertz CT molecular complexity index is 1150. The molecule has 4 heterocycles. The molecule has 0 atom stereocenters. The van der Waals surface area contributed by atoms with Gasteiger partial charge in [0.2, 0.25) is 6.79 Å². The van der Waals surface area contributed by atoms with Crippen LogP contribution in [0.4, 0.5) is 0 Å². The van der Waals surface area contributed by atoms with Crippen LogP contribution >= 0.6 is 23.1 Å². The molecule has 9 heteroatoms. The lowest BCUT2D eigenvalue weighted by molar-refractivity contribution is 0.174. The molecule has 0 N–H and O–H groups in total. The summed E-state index contributed by atoms with van der Waals surface area (Å²) >= 11 is 3.23. The maximum absolute atomic E-state index is 5.45. The Hall–Kier alpha value is -2.78. The van der Waals surface area contributed by atoms with Gasteiger partial charge in [-0.2, -0.15) is 0 Å². The third-order valence-electron chi connectivity index (χ3n) is 4.46. The molecule has 0 fully saturated rings. The Balaban J connectivity index is 1.31. The highest BCUT2D eigenvalue weighted by molar-refractivity contribution is 7.98. The first-order chi connectivity index (χ1) is 13.7. The Morgan fingerprint density at radius 2 is 2.07 bits per heavy atom. The van der Waals surface area contributed by atoms with E-state index in [9.17, 15) is 0 Å². The molecule has 0 bridgehead atoms. The van der Waals surface area contributed by atoms with Gasteiger partial charge in [-0.05, 0) is 31.2 Å². The van der Waals surface area contributed by atoms with Crippen LogP contribution in [-0.4, -0.2) is 26.5 Å². The molecule has 28 heavy (non-hydrogen) atoms. The first-order valence-corrected chi connectivity index (χ1v) is 10.5. The van der Waals surface area contributed by atoms with E-state index in [2.05, 4.69) is 15.6 Å². The maximum atomic E-state index is 5.45. The Morgan fingerprint density at radius 1 is 1.18 bits per heavy atom. The minimum Gasteiger partial charge on any atom is -0.469 e. The van der Waals surface area contributed by atoms with Gasteiger partial charge in [-0.25, -0.2) is 4.98 Å². The van der Waals surface area contributed by atoms with Crippen molar-refractivity contribution in [1.29, 1.82) is 0 Å². The van der Waals surface area contributed by atoms with Crippen molar-refractivity contribution in [3.05, 3.63) is 47.4 Å². The molecular weight excluding hydrogens is 396 g/mol. The number of rotatable bonds is 5. The molecule has 0 saturated heterocycles. The number of aryl methyl sites for hydroxylation is 1. The zero-order valence-electron chi connectivity index (χ0n) is 15.2. The zero-order valence-corrected chi connectivity index (χ0v) is 16.8. The molecule has 142 valence electrons. The van der Waals surface area contributed by atoms with E-state index in [-0.39, 0.29) is 6.79 Å². The fraction of sp³-hybridized carbons (Fsp3) is 0.211. The van der Waals surface area contributed by atoms with Crippen LogP contribution in [-0.2, 0) is 12.8 Å². The van der Waals surface area contributed by atoms with Crippen molar-refractivity contribution in [1.82, 2.24) is 19.7 Å². The van der Waals surface area contributed by atoms with Crippen LogP contribution in [0.5, 0.6) is 11.5 Å². The molecule has 7 nitrogen and oxygen atoms in total. The van der Waals surface area contributed by atoms with Gasteiger partial charge < -0.3 is 18.5 Å². The summed E-state index contributed by atoms with van der Waals surface area (Å²) in [7, 11) is 1.96. The first kappa shape index (κ1) is 17.3. The molecular formula is C19H16N4O3S2. The van der Waals surface area contributed by atoms with Crippen LogP contribution in [0.15, 0.2) is 45.5 Å². The predicted octanol–water partition coefficient (Wildman–Crippen LogP) is 4.53. The fourth-order valence-corrected chi connectivity index (χ4v) is 4.69. The summed E-state index contributed by atoms with van der Waals surface area (Å²) < 4.78 is 18.2. The number of nitrogens with zero attached hydrogens (tertiary/aromatic N) is 4. The number of thiazole rings is 1. The van der Waals surface area contributed by atoms with Crippen molar-refractivity contribution in [2.24, 2.45) is 7.05 Å². The highest BCUT2D eigenvalue weighted by Crippen LogP contribution is 2.37. The summed E-state index contributed by atoms with van der Waals surface area (Å²) in [5.41, 5.74) is 2.99. The lowest BCUT2D eigenvalue weighted by atomic mass is 10.2. The van der Waals surface area contributed by atoms with Crippen molar-refractivity contribution in [2.75, 3.05) is 6.79 Å². The fourth-order valence-electron chi connectivity index (χ4n) is 2.97. The number of hydrogen-bond acceptors (Lipinski definition) is 8. The third-order valence-corrected chi connectivity index (χ3v) is 6.45. The second kappa shape index (κ2) is 6.99. The molecule has 0 aliphatic carbocycles. The van der Waals surface area contributed by atoms with E-state index in [1.54, 1.807) is 29.4 Å². The molecule has 1 aliphatic rings. The van der Waals surface area contributed by atoms with Gasteiger partial charge in [0.05, 0.1) is 17.5 Å². The lowest BCUT2D eigenvalue weighted by Crippen LogP contribution is -1.95. The smallest absolute Gasteiger partial charge is 0.231 e. The van der Waals surface area contributed by atoms with Crippen LogP contribution in [0, 0.1) is 6.92 Å². The number of thioether (sulfide) groups is 1. The Morgan fingerprint density at radius 3 is 2.93 bits per heavy atom. The van der Waals surface area contributed by atoms with Gasteiger partial charge in [0.25, 0.3) is 0 Å². The van der Waals surface area contributed by atoms with Crippen molar-refractivity contribution >= 4 is 23.1 Å². The highest BCUT2D eigenvalue weighted by Gasteiger charge is 2.17. The maximum Gasteiger partial charge on any atom is 0.231 e. The van der Waals surface area contributed by atoms with Gasteiger partial charge in [-0.1, -0.05) is 11.8 Å². The topological polar surface area (TPSA) is 75.2 Å². The van der Waals surface area contributed by atoms with Gasteiger partial charge >= 0.3 is 0 Å². The number of hydrogen-bond donors (Lipinski definition) is 0. The number of aromatic nitrogens is 4. The molecule has 0 unspecified atom stereocenters. The van der Waals surface area contributed by atoms with E-state index in [1.165, 1.54) is 0 Å². The molecule has 0 saturated carbocycles. The van der Waals surface area contributed by atoms with E-state index in [1.807, 2.05) is 42.8 Å². The molecule has 5 rings (SSSR count). The minimum atomic E-state index is 0.274. The summed E-state index contributed by atoms with van der Waals surface area (Å²) in [6.45, 7) is 2.19. The van der Waals surface area contributed by atoms with E-state index >= 15 is 0 Å². The third kappa shape index (κ3) is 3.06. The van der Waals surface area contributed by atoms with E-state index in [0.29, 0.717) is 0 Å². The second-order valence-electron chi connectivity index (χ2n) is 6.26. The van der Waals surface area contributed by atoms with Gasteiger partial charge in [-0.15, -0.1) is 21.5 Å². The average molecular weight is 412 g/mol. The van der Waals surface area contributed by atoms with Crippen molar-refractivity contribution in [3.63, 3.8) is 0 Å². The SMILES string of the molecule is Cc1occc1-c1nnc(SCc2csc(-c3ccc4c(c3)OCO4)n2)n1C. The number of benzene rings is 1. The summed E-state index contributed by atoms with van der Waals surface area (Å²) in [5.74, 6) is 3.90. The van der Waals surface area contributed by atoms with Crippen LogP contribution in [0.1, 0.15) is 11.5 Å². The molecule has 1 aromatic carbocycles. The average Bonchev–Trinajstić information content (AvgIpc) is 3.47. The molecule has 0 amide bonds. The van der Waals surface area contributed by atoms with Gasteiger partial charge in [0, 0.05) is 23.7 Å². The van der Waals surface area contributed by atoms with E-state index in [0.717, 1.165) is 55.8 Å². The van der Waals surface area contributed by atoms with Crippen LogP contribution < -0.4 is 9.47 Å². The van der Waals surface area contributed by atoms with Crippen molar-refractivity contribution in [2.45, 2.75) is 17.8 Å². The Labute approximate surface area is 169 Å². The Kier molecular flexibility index (Phi) is 4.33. The molecule has 0 radical (unpaired) electrons. The standard InChI is InChI=1S/C19H16N4O3S2/c1-11-14(5-6-24-11)17-21-22-19(23(17)2)28-9-13-8-27-18(20-13)12-3-4-15-16(7-12)26-10-25-15/h3-8H,9-10H2,1-2H3. The number of furan rings is 1.